The first-order valence-corrected chi connectivity index (χ1v) is 11.0. The number of amides is 1. The number of rotatable bonds is 5. The lowest BCUT2D eigenvalue weighted by Gasteiger charge is -2.24. The van der Waals surface area contributed by atoms with Gasteiger partial charge < -0.3 is 10.1 Å². The van der Waals surface area contributed by atoms with Crippen molar-refractivity contribution in [3.05, 3.63) is 75.1 Å². The summed E-state index contributed by atoms with van der Waals surface area (Å²) in [5.74, 6) is -1.22. The molecular formula is C23H18BrNO4S. The van der Waals surface area contributed by atoms with E-state index in [0.29, 0.717) is 10.6 Å². The van der Waals surface area contributed by atoms with Gasteiger partial charge in [-0.3, -0.25) is 14.4 Å². The van der Waals surface area contributed by atoms with Gasteiger partial charge in [0.1, 0.15) is 6.61 Å². The molecule has 1 unspecified atom stereocenters. The number of ether oxygens (including phenoxy) is 1. The van der Waals surface area contributed by atoms with Crippen LogP contribution in [0.3, 0.4) is 0 Å². The van der Waals surface area contributed by atoms with Crippen LogP contribution in [0.15, 0.2) is 59.1 Å². The van der Waals surface area contributed by atoms with Crippen molar-refractivity contribution in [2.75, 3.05) is 5.32 Å². The Hall–Kier alpha value is -2.77. The van der Waals surface area contributed by atoms with Crippen LogP contribution in [0.25, 0.3) is 10.4 Å². The highest BCUT2D eigenvalue weighted by molar-refractivity contribution is 9.10. The maximum absolute atomic E-state index is 12.8. The Balaban J connectivity index is 1.49. The fraction of sp³-hybridized carbons (Fsp3) is 0.174. The summed E-state index contributed by atoms with van der Waals surface area (Å²) >= 11 is 4.85. The molecule has 7 heteroatoms. The number of hydrogen-bond donors (Lipinski definition) is 1. The predicted molar refractivity (Wildman–Crippen MR) is 120 cm³/mol. The zero-order valence-electron chi connectivity index (χ0n) is 16.1. The van der Waals surface area contributed by atoms with Crippen LogP contribution in [-0.4, -0.2) is 17.7 Å². The highest BCUT2D eigenvalue weighted by Gasteiger charge is 2.32. The Morgan fingerprint density at radius 1 is 1.17 bits per heavy atom. The first kappa shape index (κ1) is 20.5. The van der Waals surface area contributed by atoms with Crippen LogP contribution in [0, 0.1) is 0 Å². The number of fused-ring (bicyclic) bond motifs is 1. The number of carbonyl (C=O) groups is 3. The van der Waals surface area contributed by atoms with Gasteiger partial charge in [-0.05, 0) is 60.0 Å². The molecule has 1 aliphatic heterocycles. The SMILES string of the molecule is CC(=O)c1ccc(-c2cccc(COC(=O)C3CC(=O)Nc4ccc(Br)cc43)c2)s1. The molecule has 1 aromatic heterocycles. The number of Topliss-reactive ketones (excluding diaryl/α,β-unsaturated/α-hetero) is 1. The lowest BCUT2D eigenvalue weighted by molar-refractivity contribution is -0.148. The molecule has 0 aliphatic carbocycles. The number of ketones is 1. The van der Waals surface area contributed by atoms with E-state index in [9.17, 15) is 14.4 Å². The number of nitrogens with one attached hydrogen (secondary N) is 1. The number of anilines is 1. The Kier molecular flexibility index (Phi) is 5.83. The van der Waals surface area contributed by atoms with Crippen molar-refractivity contribution in [1.29, 1.82) is 0 Å². The number of thiophene rings is 1. The second-order valence-electron chi connectivity index (χ2n) is 7.06. The molecule has 30 heavy (non-hydrogen) atoms. The molecule has 1 N–H and O–H groups in total. The summed E-state index contributed by atoms with van der Waals surface area (Å²) < 4.78 is 6.40. The summed E-state index contributed by atoms with van der Waals surface area (Å²) in [5, 5.41) is 2.79. The molecular weight excluding hydrogens is 466 g/mol. The van der Waals surface area contributed by atoms with Crippen molar-refractivity contribution in [2.45, 2.75) is 25.9 Å². The molecule has 1 atom stereocenters. The van der Waals surface area contributed by atoms with Crippen LogP contribution in [-0.2, 0) is 20.9 Å². The maximum Gasteiger partial charge on any atom is 0.314 e. The van der Waals surface area contributed by atoms with Crippen molar-refractivity contribution in [3.63, 3.8) is 0 Å². The maximum atomic E-state index is 12.8. The molecule has 152 valence electrons. The highest BCUT2D eigenvalue weighted by Crippen LogP contribution is 2.35. The topological polar surface area (TPSA) is 72.5 Å². The Bertz CT molecular complexity index is 1150. The number of esters is 1. The normalized spacial score (nSPS) is 15.3. The standard InChI is InChI=1S/C23H18BrNO4S/c1-13(26)20-7-8-21(30-20)15-4-2-3-14(9-15)12-29-23(28)18-11-22(27)25-19-6-5-16(24)10-17(18)19/h2-10,18H,11-12H2,1H3,(H,25,27). The van der Waals surface area contributed by atoms with E-state index in [1.807, 2.05) is 48.5 Å². The number of carbonyl (C=O) groups excluding carboxylic acids is 3. The molecule has 0 spiro atoms. The third-order valence-corrected chi connectivity index (χ3v) is 6.61. The average molecular weight is 484 g/mol. The molecule has 0 bridgehead atoms. The Labute approximate surface area is 186 Å². The molecule has 1 aliphatic rings. The lowest BCUT2D eigenvalue weighted by Crippen LogP contribution is -2.28. The van der Waals surface area contributed by atoms with Crippen molar-refractivity contribution >= 4 is 50.6 Å². The summed E-state index contributed by atoms with van der Waals surface area (Å²) in [6, 6.07) is 16.9. The minimum atomic E-state index is -0.634. The molecule has 2 aromatic carbocycles. The van der Waals surface area contributed by atoms with E-state index in [4.69, 9.17) is 4.74 Å². The molecule has 2 heterocycles. The number of benzene rings is 2. The minimum absolute atomic E-state index is 0.0415. The van der Waals surface area contributed by atoms with E-state index in [0.717, 1.165) is 26.0 Å². The molecule has 3 aromatic rings. The van der Waals surface area contributed by atoms with Gasteiger partial charge in [0, 0.05) is 21.5 Å². The Morgan fingerprint density at radius 2 is 2.00 bits per heavy atom. The van der Waals surface area contributed by atoms with E-state index in [1.54, 1.807) is 13.0 Å². The molecule has 0 fully saturated rings. The second-order valence-corrected chi connectivity index (χ2v) is 9.06. The highest BCUT2D eigenvalue weighted by atomic mass is 79.9. The van der Waals surface area contributed by atoms with Crippen LogP contribution >= 0.6 is 27.3 Å². The average Bonchev–Trinajstić information content (AvgIpc) is 3.23. The molecule has 1 amide bonds. The Morgan fingerprint density at radius 3 is 2.77 bits per heavy atom. The van der Waals surface area contributed by atoms with Crippen molar-refractivity contribution in [1.82, 2.24) is 0 Å². The van der Waals surface area contributed by atoms with E-state index < -0.39 is 11.9 Å². The molecule has 4 rings (SSSR count). The first-order valence-electron chi connectivity index (χ1n) is 9.37. The van der Waals surface area contributed by atoms with Crippen molar-refractivity contribution < 1.29 is 19.1 Å². The van der Waals surface area contributed by atoms with E-state index >= 15 is 0 Å². The number of halogens is 1. The molecule has 0 saturated heterocycles. The van der Waals surface area contributed by atoms with Crippen LogP contribution in [0.5, 0.6) is 0 Å². The van der Waals surface area contributed by atoms with Crippen LogP contribution in [0.4, 0.5) is 5.69 Å². The van der Waals surface area contributed by atoms with Crippen molar-refractivity contribution in [3.8, 4) is 10.4 Å². The van der Waals surface area contributed by atoms with E-state index in [2.05, 4.69) is 21.2 Å². The van der Waals surface area contributed by atoms with E-state index in [1.165, 1.54) is 11.3 Å². The third-order valence-electron chi connectivity index (χ3n) is 4.88. The monoisotopic (exact) mass is 483 g/mol. The minimum Gasteiger partial charge on any atom is -0.460 e. The van der Waals surface area contributed by atoms with Gasteiger partial charge in [0.25, 0.3) is 0 Å². The van der Waals surface area contributed by atoms with Gasteiger partial charge in [-0.15, -0.1) is 11.3 Å². The van der Waals surface area contributed by atoms with Gasteiger partial charge in [-0.25, -0.2) is 0 Å². The molecule has 0 radical (unpaired) electrons. The van der Waals surface area contributed by atoms with Crippen LogP contribution < -0.4 is 5.32 Å². The summed E-state index contributed by atoms with van der Waals surface area (Å²) in [6.07, 6.45) is 0.0609. The van der Waals surface area contributed by atoms with Gasteiger partial charge in [0.15, 0.2) is 5.78 Å². The van der Waals surface area contributed by atoms with Gasteiger partial charge in [0.05, 0.1) is 10.8 Å². The molecule has 0 saturated carbocycles. The van der Waals surface area contributed by atoms with E-state index in [-0.39, 0.29) is 24.7 Å². The zero-order valence-corrected chi connectivity index (χ0v) is 18.5. The predicted octanol–water partition coefficient (Wildman–Crippen LogP) is 5.55. The van der Waals surface area contributed by atoms with Gasteiger partial charge >= 0.3 is 5.97 Å². The van der Waals surface area contributed by atoms with Crippen molar-refractivity contribution in [2.24, 2.45) is 0 Å². The largest absolute Gasteiger partial charge is 0.460 e. The quantitative estimate of drug-likeness (QED) is 0.381. The first-order chi connectivity index (χ1) is 14.4. The summed E-state index contributed by atoms with van der Waals surface area (Å²) in [6.45, 7) is 1.66. The van der Waals surface area contributed by atoms with Crippen LogP contribution in [0.1, 0.15) is 40.1 Å². The third kappa shape index (κ3) is 4.37. The van der Waals surface area contributed by atoms with Gasteiger partial charge in [-0.1, -0.05) is 34.1 Å². The van der Waals surface area contributed by atoms with Gasteiger partial charge in [0.2, 0.25) is 5.91 Å². The smallest absolute Gasteiger partial charge is 0.314 e. The van der Waals surface area contributed by atoms with Crippen LogP contribution in [0.2, 0.25) is 0 Å². The summed E-state index contributed by atoms with van der Waals surface area (Å²) in [4.78, 5) is 38.0. The summed E-state index contributed by atoms with van der Waals surface area (Å²) in [5.41, 5.74) is 3.19. The number of hydrogen-bond acceptors (Lipinski definition) is 5. The molecule has 5 nitrogen and oxygen atoms in total. The fourth-order valence-electron chi connectivity index (χ4n) is 3.39. The summed E-state index contributed by atoms with van der Waals surface area (Å²) in [7, 11) is 0. The lowest BCUT2D eigenvalue weighted by atomic mass is 9.90. The second kappa shape index (κ2) is 8.53. The van der Waals surface area contributed by atoms with Gasteiger partial charge in [-0.2, -0.15) is 0 Å². The fourth-order valence-corrected chi connectivity index (χ4v) is 4.67. The zero-order chi connectivity index (χ0) is 21.3.